The molecule has 0 radical (unpaired) electrons. The van der Waals surface area contributed by atoms with Crippen LogP contribution >= 0.6 is 0 Å². The number of hydrogen-bond acceptors (Lipinski definition) is 3. The van der Waals surface area contributed by atoms with E-state index in [4.69, 9.17) is 4.74 Å². The molecule has 0 unspecified atom stereocenters. The highest BCUT2D eigenvalue weighted by Crippen LogP contribution is 2.26. The average molecular weight is 367 g/mol. The normalized spacial score (nSPS) is 11.1. The molecule has 0 spiro atoms. The van der Waals surface area contributed by atoms with E-state index >= 15 is 0 Å². The number of aryl methyl sites for hydroxylation is 1. The molecule has 2 rings (SSSR count). The Kier molecular flexibility index (Phi) is 6.89. The number of para-hydroxylation sites is 2. The molecule has 4 nitrogen and oxygen atoms in total. The zero-order chi connectivity index (χ0) is 19.0. The summed E-state index contributed by atoms with van der Waals surface area (Å²) in [6.45, 7) is 2.28. The molecule has 1 N–H and O–H groups in total. The molecule has 0 saturated heterocycles. The van der Waals surface area contributed by atoms with E-state index in [1.54, 1.807) is 6.07 Å². The fourth-order valence-electron chi connectivity index (χ4n) is 2.29. The Morgan fingerprint density at radius 1 is 1.04 bits per heavy atom. The van der Waals surface area contributed by atoms with Gasteiger partial charge in [0.2, 0.25) is 5.91 Å². The molecule has 7 heteroatoms. The minimum absolute atomic E-state index is 0.0380. The molecule has 0 aliphatic carbocycles. The fourth-order valence-corrected chi connectivity index (χ4v) is 2.29. The first-order valence-corrected chi connectivity index (χ1v) is 8.14. The molecule has 1 amide bonds. The van der Waals surface area contributed by atoms with Crippen molar-refractivity contribution >= 4 is 5.91 Å². The minimum Gasteiger partial charge on any atom is -0.493 e. The lowest BCUT2D eigenvalue weighted by Gasteiger charge is -2.13. The largest absolute Gasteiger partial charge is 0.573 e. The number of nitrogens with one attached hydrogen (secondary N) is 1. The van der Waals surface area contributed by atoms with Gasteiger partial charge in [-0.3, -0.25) is 4.79 Å². The van der Waals surface area contributed by atoms with Crippen LogP contribution in [0.1, 0.15) is 24.0 Å². The van der Waals surface area contributed by atoms with Crippen molar-refractivity contribution in [2.45, 2.75) is 32.7 Å². The van der Waals surface area contributed by atoms with Crippen molar-refractivity contribution in [3.05, 3.63) is 59.7 Å². The molecule has 2 aromatic carbocycles. The summed E-state index contributed by atoms with van der Waals surface area (Å²) in [5.41, 5.74) is 1.27. The van der Waals surface area contributed by atoms with Crippen molar-refractivity contribution in [2.24, 2.45) is 0 Å². The van der Waals surface area contributed by atoms with E-state index in [9.17, 15) is 18.0 Å². The lowest BCUT2D eigenvalue weighted by atomic mass is 10.2. The van der Waals surface area contributed by atoms with Gasteiger partial charge in [-0.2, -0.15) is 0 Å². The van der Waals surface area contributed by atoms with Crippen LogP contribution < -0.4 is 14.8 Å². The van der Waals surface area contributed by atoms with Gasteiger partial charge in [-0.25, -0.2) is 0 Å². The highest BCUT2D eigenvalue weighted by molar-refractivity contribution is 5.75. The fraction of sp³-hybridized carbons (Fsp3) is 0.316. The van der Waals surface area contributed by atoms with Crippen molar-refractivity contribution in [3.63, 3.8) is 0 Å². The van der Waals surface area contributed by atoms with Gasteiger partial charge in [-0.1, -0.05) is 36.4 Å². The zero-order valence-electron chi connectivity index (χ0n) is 14.3. The van der Waals surface area contributed by atoms with Crippen molar-refractivity contribution in [2.75, 3.05) is 6.61 Å². The topological polar surface area (TPSA) is 47.6 Å². The number of carbonyl (C=O) groups is 1. The molecule has 0 aliphatic heterocycles. The molecule has 0 saturated carbocycles. The summed E-state index contributed by atoms with van der Waals surface area (Å²) in [7, 11) is 0. The van der Waals surface area contributed by atoms with E-state index in [1.165, 1.54) is 18.2 Å². The molecule has 26 heavy (non-hydrogen) atoms. The molecule has 140 valence electrons. The van der Waals surface area contributed by atoms with Gasteiger partial charge in [0.05, 0.1) is 6.61 Å². The molecule has 2 aromatic rings. The van der Waals surface area contributed by atoms with E-state index in [1.807, 2.05) is 31.2 Å². The van der Waals surface area contributed by atoms with Crippen LogP contribution in [-0.2, 0) is 11.3 Å². The highest BCUT2D eigenvalue weighted by atomic mass is 19.4. The Labute approximate surface area is 149 Å². The lowest BCUT2D eigenvalue weighted by molar-refractivity contribution is -0.274. The molecule has 0 aliphatic rings. The Bertz CT molecular complexity index is 732. The van der Waals surface area contributed by atoms with Crippen LogP contribution in [0.3, 0.4) is 0 Å². The predicted molar refractivity (Wildman–Crippen MR) is 90.9 cm³/mol. The van der Waals surface area contributed by atoms with Crippen LogP contribution in [0.2, 0.25) is 0 Å². The maximum atomic E-state index is 12.4. The minimum atomic E-state index is -4.77. The number of ether oxygens (including phenoxy) is 2. The van der Waals surface area contributed by atoms with Crippen LogP contribution in [-0.4, -0.2) is 18.9 Å². The van der Waals surface area contributed by atoms with Gasteiger partial charge in [-0.05, 0) is 31.0 Å². The molecule has 0 fully saturated rings. The molecule has 0 heterocycles. The van der Waals surface area contributed by atoms with Crippen molar-refractivity contribution in [1.29, 1.82) is 0 Å². The summed E-state index contributed by atoms with van der Waals surface area (Å²) in [4.78, 5) is 11.9. The van der Waals surface area contributed by atoms with Crippen LogP contribution in [0.25, 0.3) is 0 Å². The van der Waals surface area contributed by atoms with Crippen molar-refractivity contribution in [1.82, 2.24) is 5.32 Å². The summed E-state index contributed by atoms with van der Waals surface area (Å²) in [6, 6.07) is 13.3. The van der Waals surface area contributed by atoms with Crippen LogP contribution in [0.5, 0.6) is 11.5 Å². The molecule has 0 bridgehead atoms. The highest BCUT2D eigenvalue weighted by Gasteiger charge is 2.31. The molecular formula is C19H20F3NO3. The van der Waals surface area contributed by atoms with Crippen LogP contribution in [0, 0.1) is 6.92 Å². The summed E-state index contributed by atoms with van der Waals surface area (Å²) in [5, 5.41) is 2.59. The SMILES string of the molecule is Cc1ccccc1OCCCC(=O)NCc1ccccc1OC(F)(F)F. The third-order valence-corrected chi connectivity index (χ3v) is 3.57. The number of halogens is 3. The van der Waals surface area contributed by atoms with Gasteiger partial charge in [0, 0.05) is 18.5 Å². The number of hydrogen-bond donors (Lipinski definition) is 1. The smallest absolute Gasteiger partial charge is 0.493 e. The van der Waals surface area contributed by atoms with E-state index in [0.717, 1.165) is 11.3 Å². The van der Waals surface area contributed by atoms with E-state index < -0.39 is 6.36 Å². The average Bonchev–Trinajstić information content (AvgIpc) is 2.58. The molecular weight excluding hydrogens is 347 g/mol. The second-order valence-corrected chi connectivity index (χ2v) is 5.65. The number of amides is 1. The van der Waals surface area contributed by atoms with Gasteiger partial charge in [0.15, 0.2) is 0 Å². The van der Waals surface area contributed by atoms with Crippen molar-refractivity contribution < 1.29 is 27.4 Å². The number of carbonyl (C=O) groups excluding carboxylic acids is 1. The van der Waals surface area contributed by atoms with Crippen LogP contribution in [0.4, 0.5) is 13.2 Å². The van der Waals surface area contributed by atoms with Gasteiger partial charge < -0.3 is 14.8 Å². The maximum Gasteiger partial charge on any atom is 0.573 e. The second-order valence-electron chi connectivity index (χ2n) is 5.65. The standard InChI is InChI=1S/C19H20F3NO3/c1-14-7-2-4-9-16(14)25-12-6-11-18(24)23-13-15-8-3-5-10-17(15)26-19(20,21)22/h2-5,7-10H,6,11-13H2,1H3,(H,23,24). The second kappa shape index (κ2) is 9.12. The lowest BCUT2D eigenvalue weighted by Crippen LogP contribution is -2.24. The van der Waals surface area contributed by atoms with Gasteiger partial charge >= 0.3 is 6.36 Å². The number of benzene rings is 2. The first kappa shape index (κ1) is 19.6. The monoisotopic (exact) mass is 367 g/mol. The summed E-state index contributed by atoms with van der Waals surface area (Å²) < 4.78 is 46.7. The summed E-state index contributed by atoms with van der Waals surface area (Å²) >= 11 is 0. The van der Waals surface area contributed by atoms with Gasteiger partial charge in [-0.15, -0.1) is 13.2 Å². The van der Waals surface area contributed by atoms with Crippen molar-refractivity contribution in [3.8, 4) is 11.5 Å². The zero-order valence-corrected chi connectivity index (χ0v) is 14.3. The van der Waals surface area contributed by atoms with E-state index in [2.05, 4.69) is 10.1 Å². The molecule has 0 aromatic heterocycles. The van der Waals surface area contributed by atoms with E-state index in [0.29, 0.717) is 13.0 Å². The van der Waals surface area contributed by atoms with Gasteiger partial charge in [0.1, 0.15) is 11.5 Å². The Balaban J connectivity index is 1.75. The Morgan fingerprint density at radius 3 is 2.38 bits per heavy atom. The first-order chi connectivity index (χ1) is 12.3. The first-order valence-electron chi connectivity index (χ1n) is 8.14. The molecule has 0 atom stereocenters. The van der Waals surface area contributed by atoms with Gasteiger partial charge in [0.25, 0.3) is 0 Å². The Hall–Kier alpha value is -2.70. The summed E-state index contributed by atoms with van der Waals surface area (Å²) in [5.74, 6) is 0.189. The number of rotatable bonds is 8. The van der Waals surface area contributed by atoms with Crippen LogP contribution in [0.15, 0.2) is 48.5 Å². The van der Waals surface area contributed by atoms with E-state index in [-0.39, 0.29) is 30.2 Å². The number of alkyl halides is 3. The Morgan fingerprint density at radius 2 is 1.69 bits per heavy atom. The third kappa shape index (κ3) is 6.66. The predicted octanol–water partition coefficient (Wildman–Crippen LogP) is 4.37. The third-order valence-electron chi connectivity index (χ3n) is 3.57. The summed E-state index contributed by atoms with van der Waals surface area (Å²) in [6.07, 6.45) is -4.05. The maximum absolute atomic E-state index is 12.4. The quantitative estimate of drug-likeness (QED) is 0.705.